The number of hydrogen-bond donors (Lipinski definition) is 2. The number of benzene rings is 2. The van der Waals surface area contributed by atoms with Crippen LogP contribution in [0.2, 0.25) is 10.0 Å². The van der Waals surface area contributed by atoms with Crippen LogP contribution >= 0.6 is 23.2 Å². The molecule has 2 aliphatic heterocycles. The Hall–Kier alpha value is -2.82. The average Bonchev–Trinajstić information content (AvgIpc) is 3.34. The Morgan fingerprint density at radius 1 is 1.21 bits per heavy atom. The number of halogens is 5. The molecule has 0 aliphatic carbocycles. The lowest BCUT2D eigenvalue weighted by molar-refractivity contribution is -0.275. The van der Waals surface area contributed by atoms with Gasteiger partial charge in [0, 0.05) is 27.6 Å². The van der Waals surface area contributed by atoms with Gasteiger partial charge in [-0.3, -0.25) is 14.4 Å². The van der Waals surface area contributed by atoms with Crippen molar-refractivity contribution < 1.29 is 32.4 Å². The quantitative estimate of drug-likeness (QED) is 0.661. The highest BCUT2D eigenvalue weighted by atomic mass is 35.5. The highest BCUT2D eigenvalue weighted by molar-refractivity contribution is 6.34. The van der Waals surface area contributed by atoms with Gasteiger partial charge in [0.25, 0.3) is 17.4 Å². The number of carbonyl (C=O) groups is 2. The lowest BCUT2D eigenvalue weighted by Gasteiger charge is -2.29. The lowest BCUT2D eigenvalue weighted by Crippen LogP contribution is -2.42. The Kier molecular flexibility index (Phi) is 6.02. The van der Waals surface area contributed by atoms with Gasteiger partial charge in [-0.15, -0.1) is 0 Å². The maximum absolute atomic E-state index is 14.1. The molecule has 2 aliphatic rings. The first kappa shape index (κ1) is 23.3. The summed E-state index contributed by atoms with van der Waals surface area (Å²) in [6.07, 6.45) is -5.43. The Morgan fingerprint density at radius 2 is 1.91 bits per heavy atom. The molecule has 2 atom stereocenters. The van der Waals surface area contributed by atoms with Crippen molar-refractivity contribution in [1.82, 2.24) is 10.8 Å². The van der Waals surface area contributed by atoms with E-state index in [0.29, 0.717) is 11.1 Å². The van der Waals surface area contributed by atoms with Gasteiger partial charge in [-0.25, -0.2) is 5.48 Å². The topological polar surface area (TPSA) is 89.0 Å². The SMILES string of the molecule is Cc1cc(C2=NOC(c3cc(Cl)cc(Cl)c3)(C(F)(F)F)C2)ccc1C(=O)NC1CONC1=O. The van der Waals surface area contributed by atoms with Gasteiger partial charge in [0.2, 0.25) is 0 Å². The third kappa shape index (κ3) is 4.38. The van der Waals surface area contributed by atoms with Crippen molar-refractivity contribution in [2.45, 2.75) is 31.2 Å². The van der Waals surface area contributed by atoms with Gasteiger partial charge < -0.3 is 10.2 Å². The second kappa shape index (κ2) is 8.51. The molecule has 0 aromatic heterocycles. The summed E-state index contributed by atoms with van der Waals surface area (Å²) in [6, 6.07) is 7.21. The van der Waals surface area contributed by atoms with Crippen molar-refractivity contribution in [3.8, 4) is 0 Å². The van der Waals surface area contributed by atoms with E-state index in [9.17, 15) is 22.8 Å². The molecular formula is C21H16Cl2F3N3O4. The maximum Gasteiger partial charge on any atom is 0.435 e. The van der Waals surface area contributed by atoms with Crippen LogP contribution in [-0.4, -0.2) is 36.4 Å². The molecule has 174 valence electrons. The first-order valence-electron chi connectivity index (χ1n) is 9.62. The van der Waals surface area contributed by atoms with Gasteiger partial charge in [0.05, 0.1) is 5.71 Å². The van der Waals surface area contributed by atoms with E-state index in [1.54, 1.807) is 6.92 Å². The summed E-state index contributed by atoms with van der Waals surface area (Å²) in [6.45, 7) is 1.61. The zero-order valence-corrected chi connectivity index (χ0v) is 18.4. The molecule has 0 radical (unpaired) electrons. The predicted molar refractivity (Wildman–Crippen MR) is 113 cm³/mol. The van der Waals surface area contributed by atoms with Crippen LogP contribution in [0.4, 0.5) is 13.2 Å². The van der Waals surface area contributed by atoms with Crippen molar-refractivity contribution in [2.75, 3.05) is 6.61 Å². The number of hydroxylamine groups is 1. The van der Waals surface area contributed by atoms with Gasteiger partial charge in [-0.1, -0.05) is 34.4 Å². The minimum atomic E-state index is -4.81. The molecule has 1 fully saturated rings. The van der Waals surface area contributed by atoms with Crippen molar-refractivity contribution in [2.24, 2.45) is 5.16 Å². The Morgan fingerprint density at radius 3 is 2.48 bits per heavy atom. The molecule has 2 N–H and O–H groups in total. The van der Waals surface area contributed by atoms with Gasteiger partial charge >= 0.3 is 6.18 Å². The third-order valence-corrected chi connectivity index (χ3v) is 5.80. The number of hydrogen-bond acceptors (Lipinski definition) is 5. The summed E-state index contributed by atoms with van der Waals surface area (Å²) < 4.78 is 42.4. The predicted octanol–water partition coefficient (Wildman–Crippen LogP) is 4.04. The number of amides is 2. The van der Waals surface area contributed by atoms with E-state index in [-0.39, 0.29) is 33.5 Å². The smallest absolute Gasteiger partial charge is 0.374 e. The lowest BCUT2D eigenvalue weighted by atomic mass is 9.86. The molecule has 2 amide bonds. The first-order chi connectivity index (χ1) is 15.5. The highest BCUT2D eigenvalue weighted by Crippen LogP contribution is 2.49. The number of carbonyl (C=O) groups excluding carboxylic acids is 2. The molecule has 2 aromatic rings. The fourth-order valence-electron chi connectivity index (χ4n) is 3.63. The van der Waals surface area contributed by atoms with Gasteiger partial charge in [0.15, 0.2) is 0 Å². The number of nitrogens with zero attached hydrogens (tertiary/aromatic N) is 1. The number of nitrogens with one attached hydrogen (secondary N) is 2. The van der Waals surface area contributed by atoms with Crippen molar-refractivity contribution >= 4 is 40.7 Å². The van der Waals surface area contributed by atoms with Crippen LogP contribution < -0.4 is 10.8 Å². The molecule has 2 aromatic carbocycles. The molecule has 2 unspecified atom stereocenters. The molecule has 0 spiro atoms. The summed E-state index contributed by atoms with van der Waals surface area (Å²) in [5.41, 5.74) is 0.236. The van der Waals surface area contributed by atoms with E-state index < -0.39 is 36.1 Å². The monoisotopic (exact) mass is 501 g/mol. The second-order valence-corrected chi connectivity index (χ2v) is 8.49. The summed E-state index contributed by atoms with van der Waals surface area (Å²) in [7, 11) is 0. The van der Waals surface area contributed by atoms with Crippen molar-refractivity contribution in [3.63, 3.8) is 0 Å². The molecular weight excluding hydrogens is 486 g/mol. The number of alkyl halides is 3. The van der Waals surface area contributed by atoms with Gasteiger partial charge in [-0.2, -0.15) is 13.2 Å². The number of aryl methyl sites for hydroxylation is 1. The first-order valence-corrected chi connectivity index (χ1v) is 10.4. The second-order valence-electron chi connectivity index (χ2n) is 7.62. The molecule has 7 nitrogen and oxygen atoms in total. The minimum absolute atomic E-state index is 0.0110. The summed E-state index contributed by atoms with van der Waals surface area (Å²) in [5.74, 6) is -0.993. The van der Waals surface area contributed by atoms with E-state index in [4.69, 9.17) is 32.9 Å². The summed E-state index contributed by atoms with van der Waals surface area (Å²) >= 11 is 11.8. The van der Waals surface area contributed by atoms with E-state index in [2.05, 4.69) is 16.0 Å². The van der Waals surface area contributed by atoms with Gasteiger partial charge in [-0.05, 0) is 48.4 Å². The molecule has 2 heterocycles. The largest absolute Gasteiger partial charge is 0.435 e. The van der Waals surface area contributed by atoms with Crippen LogP contribution in [0.1, 0.15) is 33.5 Å². The molecule has 0 bridgehead atoms. The van der Waals surface area contributed by atoms with E-state index >= 15 is 0 Å². The van der Waals surface area contributed by atoms with Crippen LogP contribution in [0, 0.1) is 6.92 Å². The van der Waals surface area contributed by atoms with Crippen molar-refractivity contribution in [3.05, 3.63) is 68.7 Å². The molecule has 33 heavy (non-hydrogen) atoms. The molecule has 12 heteroatoms. The number of rotatable bonds is 4. The van der Waals surface area contributed by atoms with E-state index in [0.717, 1.165) is 12.1 Å². The Balaban J connectivity index is 1.59. The van der Waals surface area contributed by atoms with Crippen LogP contribution in [0.3, 0.4) is 0 Å². The molecule has 0 saturated carbocycles. The zero-order valence-electron chi connectivity index (χ0n) is 16.9. The van der Waals surface area contributed by atoms with E-state index in [1.807, 2.05) is 0 Å². The molecule has 4 rings (SSSR count). The van der Waals surface area contributed by atoms with Crippen LogP contribution in [0.25, 0.3) is 0 Å². The Bertz CT molecular complexity index is 1150. The normalized spacial score (nSPS) is 22.5. The van der Waals surface area contributed by atoms with Gasteiger partial charge in [0.1, 0.15) is 12.6 Å². The fourth-order valence-corrected chi connectivity index (χ4v) is 4.16. The molecule has 1 saturated heterocycles. The Labute approximate surface area is 195 Å². The summed E-state index contributed by atoms with van der Waals surface area (Å²) in [4.78, 5) is 33.8. The maximum atomic E-state index is 14.1. The highest BCUT2D eigenvalue weighted by Gasteiger charge is 2.62. The van der Waals surface area contributed by atoms with Crippen molar-refractivity contribution in [1.29, 1.82) is 0 Å². The minimum Gasteiger partial charge on any atom is -0.374 e. The van der Waals surface area contributed by atoms with Crippen LogP contribution in [-0.2, 0) is 20.1 Å². The average molecular weight is 502 g/mol. The van der Waals surface area contributed by atoms with Crippen LogP contribution in [0.5, 0.6) is 0 Å². The zero-order chi connectivity index (χ0) is 24.0. The fraction of sp³-hybridized carbons (Fsp3) is 0.286. The van der Waals surface area contributed by atoms with E-state index in [1.165, 1.54) is 24.3 Å². The summed E-state index contributed by atoms with van der Waals surface area (Å²) in [5, 5.41) is 6.31. The van der Waals surface area contributed by atoms with Crippen LogP contribution in [0.15, 0.2) is 41.6 Å². The third-order valence-electron chi connectivity index (χ3n) is 5.36. The number of oxime groups is 1. The standard InChI is InChI=1S/C21H16Cl2F3N3O4/c1-10-4-11(2-3-15(10)18(30)27-17-9-32-29-19(17)31)16-8-20(33-28-16,21(24,25)26)12-5-13(22)7-14(23)6-12/h2-7,17H,8-9H2,1H3,(H,27,30)(H,29,31).